The molecule has 0 aliphatic heterocycles. The molecule has 0 heterocycles. The number of carbonyl (C=O) groups is 2. The second-order valence-corrected chi connectivity index (χ2v) is 4.77. The van der Waals surface area contributed by atoms with E-state index in [1.165, 1.54) is 7.11 Å². The van der Waals surface area contributed by atoms with Gasteiger partial charge in [-0.05, 0) is 6.42 Å². The number of carbonyl (C=O) groups excluding carboxylic acids is 2. The molecule has 1 N–H and O–H groups in total. The SMILES string of the molecule is COC(=O)CCCNC(=O)c1cc([N+](=O)[O-])cc(Cl)c1Cl. The van der Waals surface area contributed by atoms with Crippen LogP contribution in [0.25, 0.3) is 0 Å². The normalized spacial score (nSPS) is 10.0. The lowest BCUT2D eigenvalue weighted by molar-refractivity contribution is -0.384. The van der Waals surface area contributed by atoms with Crippen LogP contribution < -0.4 is 5.32 Å². The molecular formula is C12H12Cl2N2O5. The van der Waals surface area contributed by atoms with Gasteiger partial charge < -0.3 is 10.1 Å². The van der Waals surface area contributed by atoms with Gasteiger partial charge in [0.2, 0.25) is 0 Å². The maximum absolute atomic E-state index is 11.9. The van der Waals surface area contributed by atoms with E-state index in [2.05, 4.69) is 10.1 Å². The first-order valence-corrected chi connectivity index (χ1v) is 6.61. The Bertz CT molecular complexity index is 577. The van der Waals surface area contributed by atoms with Gasteiger partial charge >= 0.3 is 5.97 Å². The third kappa shape index (κ3) is 4.87. The summed E-state index contributed by atoms with van der Waals surface area (Å²) in [6.45, 7) is 0.199. The quantitative estimate of drug-likeness (QED) is 0.373. The number of methoxy groups -OCH3 is 1. The molecule has 0 aliphatic rings. The molecule has 0 fully saturated rings. The van der Waals surface area contributed by atoms with E-state index < -0.39 is 10.8 Å². The zero-order valence-corrected chi connectivity index (χ0v) is 12.5. The lowest BCUT2D eigenvalue weighted by Crippen LogP contribution is -2.25. The number of nitrogens with zero attached hydrogens (tertiary/aromatic N) is 1. The van der Waals surface area contributed by atoms with Crippen molar-refractivity contribution < 1.29 is 19.2 Å². The second-order valence-electron chi connectivity index (χ2n) is 3.98. The summed E-state index contributed by atoms with van der Waals surface area (Å²) in [7, 11) is 1.27. The fourth-order valence-electron chi connectivity index (χ4n) is 1.48. The van der Waals surface area contributed by atoms with Gasteiger partial charge in [0, 0.05) is 25.1 Å². The summed E-state index contributed by atoms with van der Waals surface area (Å²) in [4.78, 5) is 32.9. The average molecular weight is 335 g/mol. The van der Waals surface area contributed by atoms with Crippen LogP contribution in [0, 0.1) is 10.1 Å². The fourth-order valence-corrected chi connectivity index (χ4v) is 1.89. The van der Waals surface area contributed by atoms with Crippen molar-refractivity contribution in [3.05, 3.63) is 37.9 Å². The van der Waals surface area contributed by atoms with Crippen molar-refractivity contribution in [3.63, 3.8) is 0 Å². The molecule has 0 aromatic heterocycles. The first-order valence-electron chi connectivity index (χ1n) is 5.85. The monoisotopic (exact) mass is 334 g/mol. The highest BCUT2D eigenvalue weighted by molar-refractivity contribution is 6.44. The van der Waals surface area contributed by atoms with Gasteiger partial charge in [-0.1, -0.05) is 23.2 Å². The summed E-state index contributed by atoms with van der Waals surface area (Å²) in [6, 6.07) is 2.11. The predicted octanol–water partition coefficient (Wildman–Crippen LogP) is 2.58. The van der Waals surface area contributed by atoms with Gasteiger partial charge in [0.25, 0.3) is 11.6 Å². The standard InChI is InChI=1S/C12H12Cl2N2O5/c1-21-10(17)3-2-4-15-12(18)8-5-7(16(19)20)6-9(13)11(8)14/h5-6H,2-4H2,1H3,(H,15,18). The second kappa shape index (κ2) is 7.80. The van der Waals surface area contributed by atoms with E-state index in [1.54, 1.807) is 0 Å². The smallest absolute Gasteiger partial charge is 0.305 e. The van der Waals surface area contributed by atoms with E-state index in [4.69, 9.17) is 23.2 Å². The largest absolute Gasteiger partial charge is 0.469 e. The molecule has 0 bridgehead atoms. The van der Waals surface area contributed by atoms with Crippen molar-refractivity contribution in [1.82, 2.24) is 5.32 Å². The molecule has 1 amide bonds. The Morgan fingerprint density at radius 2 is 2.05 bits per heavy atom. The van der Waals surface area contributed by atoms with Gasteiger partial charge in [0.05, 0.1) is 27.6 Å². The van der Waals surface area contributed by atoms with Crippen LogP contribution in [0.3, 0.4) is 0 Å². The Morgan fingerprint density at radius 3 is 2.62 bits per heavy atom. The van der Waals surface area contributed by atoms with Crippen molar-refractivity contribution in [2.24, 2.45) is 0 Å². The highest BCUT2D eigenvalue weighted by Gasteiger charge is 2.19. The van der Waals surface area contributed by atoms with Crippen LogP contribution in [0.15, 0.2) is 12.1 Å². The molecular weight excluding hydrogens is 323 g/mol. The number of nitro benzene ring substituents is 1. The molecule has 0 saturated carbocycles. The number of nitro groups is 1. The van der Waals surface area contributed by atoms with E-state index in [1.807, 2.05) is 0 Å². The van der Waals surface area contributed by atoms with Crippen LogP contribution in [-0.4, -0.2) is 30.5 Å². The molecule has 0 aliphatic carbocycles. The van der Waals surface area contributed by atoms with Crippen molar-refractivity contribution in [1.29, 1.82) is 0 Å². The molecule has 0 atom stereocenters. The molecule has 0 unspecified atom stereocenters. The summed E-state index contributed by atoms with van der Waals surface area (Å²) in [5, 5.41) is 13.1. The molecule has 21 heavy (non-hydrogen) atoms. The maximum Gasteiger partial charge on any atom is 0.305 e. The van der Waals surface area contributed by atoms with Gasteiger partial charge in [-0.2, -0.15) is 0 Å². The lowest BCUT2D eigenvalue weighted by Gasteiger charge is -2.07. The summed E-state index contributed by atoms with van der Waals surface area (Å²) in [6.07, 6.45) is 0.527. The molecule has 0 radical (unpaired) electrons. The van der Waals surface area contributed by atoms with Crippen LogP contribution in [0.5, 0.6) is 0 Å². The number of amides is 1. The van der Waals surface area contributed by atoms with E-state index in [0.717, 1.165) is 12.1 Å². The van der Waals surface area contributed by atoms with Crippen molar-refractivity contribution in [3.8, 4) is 0 Å². The third-order valence-corrected chi connectivity index (χ3v) is 3.34. The summed E-state index contributed by atoms with van der Waals surface area (Å²) in [5.74, 6) is -0.990. The van der Waals surface area contributed by atoms with E-state index >= 15 is 0 Å². The van der Waals surface area contributed by atoms with E-state index in [0.29, 0.717) is 6.42 Å². The molecule has 1 aromatic carbocycles. The number of rotatable bonds is 6. The summed E-state index contributed by atoms with van der Waals surface area (Å²) >= 11 is 11.6. The van der Waals surface area contributed by atoms with Gasteiger partial charge in [-0.3, -0.25) is 19.7 Å². The summed E-state index contributed by atoms with van der Waals surface area (Å²) < 4.78 is 4.45. The molecule has 7 nitrogen and oxygen atoms in total. The number of nitrogens with one attached hydrogen (secondary N) is 1. The number of benzene rings is 1. The average Bonchev–Trinajstić information content (AvgIpc) is 2.45. The molecule has 1 aromatic rings. The van der Waals surface area contributed by atoms with Crippen molar-refractivity contribution >= 4 is 40.8 Å². The zero-order chi connectivity index (χ0) is 16.0. The predicted molar refractivity (Wildman–Crippen MR) is 76.7 cm³/mol. The molecule has 1 rings (SSSR count). The minimum atomic E-state index is -0.670. The molecule has 114 valence electrons. The Labute approximate surface area is 130 Å². The molecule has 9 heteroatoms. The van der Waals surface area contributed by atoms with Gasteiger partial charge in [-0.15, -0.1) is 0 Å². The van der Waals surface area contributed by atoms with E-state index in [9.17, 15) is 19.7 Å². The van der Waals surface area contributed by atoms with Gasteiger partial charge in [0.1, 0.15) is 0 Å². The first kappa shape index (κ1) is 17.2. The summed E-state index contributed by atoms with van der Waals surface area (Å²) in [5.41, 5.74) is -0.418. The third-order valence-electron chi connectivity index (χ3n) is 2.54. The number of hydrogen-bond acceptors (Lipinski definition) is 5. The zero-order valence-electron chi connectivity index (χ0n) is 11.0. The van der Waals surface area contributed by atoms with Crippen LogP contribution >= 0.6 is 23.2 Å². The Morgan fingerprint density at radius 1 is 1.38 bits per heavy atom. The Hall–Kier alpha value is -1.86. The lowest BCUT2D eigenvalue weighted by atomic mass is 10.2. The van der Waals surface area contributed by atoms with E-state index in [-0.39, 0.29) is 40.2 Å². The topological polar surface area (TPSA) is 98.5 Å². The Kier molecular flexibility index (Phi) is 6.39. The van der Waals surface area contributed by atoms with Crippen LogP contribution in [0.1, 0.15) is 23.2 Å². The first-order chi connectivity index (χ1) is 9.86. The number of ether oxygens (including phenoxy) is 1. The Balaban J connectivity index is 2.74. The van der Waals surface area contributed by atoms with Gasteiger partial charge in [-0.25, -0.2) is 0 Å². The number of esters is 1. The van der Waals surface area contributed by atoms with Crippen molar-refractivity contribution in [2.45, 2.75) is 12.8 Å². The van der Waals surface area contributed by atoms with Crippen LogP contribution in [-0.2, 0) is 9.53 Å². The number of non-ortho nitro benzene ring substituents is 1. The maximum atomic E-state index is 11.9. The minimum absolute atomic E-state index is 0.0623. The van der Waals surface area contributed by atoms with Gasteiger partial charge in [0.15, 0.2) is 0 Å². The minimum Gasteiger partial charge on any atom is -0.469 e. The molecule has 0 saturated heterocycles. The fraction of sp³-hybridized carbons (Fsp3) is 0.333. The molecule has 0 spiro atoms. The number of hydrogen-bond donors (Lipinski definition) is 1. The highest BCUT2D eigenvalue weighted by Crippen LogP contribution is 2.30. The van der Waals surface area contributed by atoms with Crippen LogP contribution in [0.2, 0.25) is 10.0 Å². The highest BCUT2D eigenvalue weighted by atomic mass is 35.5. The van der Waals surface area contributed by atoms with Crippen LogP contribution in [0.4, 0.5) is 5.69 Å². The van der Waals surface area contributed by atoms with Crippen molar-refractivity contribution in [2.75, 3.05) is 13.7 Å². The number of halogens is 2.